The van der Waals surface area contributed by atoms with Gasteiger partial charge in [-0.2, -0.15) is 0 Å². The van der Waals surface area contributed by atoms with E-state index in [4.69, 9.17) is 0 Å². The lowest BCUT2D eigenvalue weighted by Gasteiger charge is -2.46. The summed E-state index contributed by atoms with van der Waals surface area (Å²) in [6, 6.07) is 7.84. The van der Waals surface area contributed by atoms with E-state index in [0.717, 1.165) is 18.5 Å². The smallest absolute Gasteiger partial charge is 0.244 e. The Labute approximate surface area is 107 Å². The Morgan fingerprint density at radius 2 is 2.17 bits per heavy atom. The van der Waals surface area contributed by atoms with Gasteiger partial charge in [0.25, 0.3) is 0 Å². The monoisotopic (exact) mass is 246 g/mol. The number of hydrogen-bond acceptors (Lipinski definition) is 3. The highest BCUT2D eigenvalue weighted by molar-refractivity contribution is 5.85. The molecule has 1 fully saturated rings. The van der Waals surface area contributed by atoms with E-state index in [1.54, 1.807) is 11.8 Å². The number of aliphatic hydroxyl groups is 1. The fourth-order valence-electron chi connectivity index (χ4n) is 2.84. The van der Waals surface area contributed by atoms with Gasteiger partial charge in [0.05, 0.1) is 18.7 Å². The minimum absolute atomic E-state index is 0.0775. The molecule has 0 aliphatic carbocycles. The first-order valence-corrected chi connectivity index (χ1v) is 6.39. The molecule has 1 aromatic rings. The minimum atomic E-state index is -0.705. The first-order valence-electron chi connectivity index (χ1n) is 6.39. The Kier molecular flexibility index (Phi) is 2.64. The summed E-state index contributed by atoms with van der Waals surface area (Å²) in [5, 5.41) is 13.0. The van der Waals surface area contributed by atoms with Crippen LogP contribution in [0.15, 0.2) is 24.3 Å². The molecular weight excluding hydrogens is 228 g/mol. The van der Waals surface area contributed by atoms with Crippen LogP contribution in [0.25, 0.3) is 0 Å². The van der Waals surface area contributed by atoms with Crippen molar-refractivity contribution in [2.75, 3.05) is 19.6 Å². The molecular formula is C14H18N2O2. The van der Waals surface area contributed by atoms with E-state index in [1.807, 2.05) is 18.2 Å². The van der Waals surface area contributed by atoms with Gasteiger partial charge in [0, 0.05) is 6.54 Å². The summed E-state index contributed by atoms with van der Waals surface area (Å²) in [4.78, 5) is 14.1. The second-order valence-electron chi connectivity index (χ2n) is 5.53. The van der Waals surface area contributed by atoms with E-state index in [1.165, 1.54) is 5.56 Å². The Balaban J connectivity index is 1.80. The molecule has 1 unspecified atom stereocenters. The highest BCUT2D eigenvalue weighted by atomic mass is 16.3. The van der Waals surface area contributed by atoms with E-state index in [9.17, 15) is 9.90 Å². The first kappa shape index (κ1) is 11.7. The summed E-state index contributed by atoms with van der Waals surface area (Å²) in [6.45, 7) is 3.47. The molecule has 96 valence electrons. The molecule has 3 rings (SSSR count). The summed E-state index contributed by atoms with van der Waals surface area (Å²) < 4.78 is 0. The third-order valence-electron chi connectivity index (χ3n) is 3.73. The Morgan fingerprint density at radius 3 is 2.89 bits per heavy atom. The number of rotatable bonds is 1. The number of nitrogens with zero attached hydrogens (tertiary/aromatic N) is 1. The zero-order valence-corrected chi connectivity index (χ0v) is 10.5. The van der Waals surface area contributed by atoms with Crippen molar-refractivity contribution in [2.24, 2.45) is 0 Å². The van der Waals surface area contributed by atoms with Crippen LogP contribution in [-0.4, -0.2) is 41.1 Å². The fourth-order valence-corrected chi connectivity index (χ4v) is 2.84. The second-order valence-corrected chi connectivity index (χ2v) is 5.53. The summed E-state index contributed by atoms with van der Waals surface area (Å²) in [5.74, 6) is 0.0775. The van der Waals surface area contributed by atoms with Crippen molar-refractivity contribution in [1.29, 1.82) is 0 Å². The molecule has 2 N–H and O–H groups in total. The van der Waals surface area contributed by atoms with Crippen LogP contribution in [0.1, 0.15) is 24.1 Å². The molecule has 1 aromatic carbocycles. The lowest BCUT2D eigenvalue weighted by Crippen LogP contribution is -2.63. The van der Waals surface area contributed by atoms with E-state index >= 15 is 0 Å². The Bertz CT molecular complexity index is 476. The van der Waals surface area contributed by atoms with Gasteiger partial charge < -0.3 is 15.3 Å². The normalized spacial score (nSPS) is 25.2. The molecule has 0 radical (unpaired) electrons. The molecule has 2 aliphatic rings. The summed E-state index contributed by atoms with van der Waals surface area (Å²) in [7, 11) is 0. The molecule has 4 nitrogen and oxygen atoms in total. The molecule has 0 aromatic heterocycles. The van der Waals surface area contributed by atoms with Crippen LogP contribution in [0.5, 0.6) is 0 Å². The average molecular weight is 246 g/mol. The zero-order chi connectivity index (χ0) is 12.8. The van der Waals surface area contributed by atoms with Crippen LogP contribution >= 0.6 is 0 Å². The molecule has 4 heteroatoms. The van der Waals surface area contributed by atoms with Gasteiger partial charge in [-0.25, -0.2) is 0 Å². The predicted octanol–water partition coefficient (Wildman–Crippen LogP) is 0.467. The van der Waals surface area contributed by atoms with Gasteiger partial charge in [0.15, 0.2) is 0 Å². The van der Waals surface area contributed by atoms with Gasteiger partial charge in [-0.05, 0) is 24.5 Å². The molecule has 0 saturated carbocycles. The lowest BCUT2D eigenvalue weighted by molar-refractivity contribution is -0.154. The molecule has 18 heavy (non-hydrogen) atoms. The Hall–Kier alpha value is -1.39. The molecule has 2 heterocycles. The number of likely N-dealkylation sites (tertiary alicyclic amines) is 1. The SMILES string of the molecule is CC1(O)CN(C(=O)C2NCCc3ccccc32)C1. The predicted molar refractivity (Wildman–Crippen MR) is 68.1 cm³/mol. The van der Waals surface area contributed by atoms with Gasteiger partial charge in [0.1, 0.15) is 6.04 Å². The van der Waals surface area contributed by atoms with Gasteiger partial charge in [-0.15, -0.1) is 0 Å². The van der Waals surface area contributed by atoms with Crippen LogP contribution in [0.3, 0.4) is 0 Å². The van der Waals surface area contributed by atoms with Gasteiger partial charge >= 0.3 is 0 Å². The van der Waals surface area contributed by atoms with E-state index in [2.05, 4.69) is 11.4 Å². The van der Waals surface area contributed by atoms with Crippen molar-refractivity contribution in [1.82, 2.24) is 10.2 Å². The van der Waals surface area contributed by atoms with Crippen LogP contribution in [0.4, 0.5) is 0 Å². The number of hydrogen-bond donors (Lipinski definition) is 2. The van der Waals surface area contributed by atoms with Crippen LogP contribution in [-0.2, 0) is 11.2 Å². The summed E-state index contributed by atoms with van der Waals surface area (Å²) in [5.41, 5.74) is 1.63. The maximum Gasteiger partial charge on any atom is 0.244 e. The molecule has 0 spiro atoms. The average Bonchev–Trinajstić information content (AvgIpc) is 2.34. The molecule has 1 atom stereocenters. The van der Waals surface area contributed by atoms with Crippen molar-refractivity contribution >= 4 is 5.91 Å². The van der Waals surface area contributed by atoms with E-state index in [-0.39, 0.29) is 11.9 Å². The summed E-state index contributed by atoms with van der Waals surface area (Å²) >= 11 is 0. The molecule has 2 aliphatic heterocycles. The number of carbonyl (C=O) groups excluding carboxylic acids is 1. The second kappa shape index (κ2) is 4.07. The molecule has 1 amide bonds. The van der Waals surface area contributed by atoms with Gasteiger partial charge in [0.2, 0.25) is 5.91 Å². The van der Waals surface area contributed by atoms with Crippen LogP contribution < -0.4 is 5.32 Å². The van der Waals surface area contributed by atoms with Crippen molar-refractivity contribution in [2.45, 2.75) is 25.0 Å². The van der Waals surface area contributed by atoms with Crippen LogP contribution in [0.2, 0.25) is 0 Å². The van der Waals surface area contributed by atoms with E-state index in [0.29, 0.717) is 13.1 Å². The molecule has 0 bridgehead atoms. The minimum Gasteiger partial charge on any atom is -0.386 e. The van der Waals surface area contributed by atoms with Crippen LogP contribution in [0, 0.1) is 0 Å². The number of fused-ring (bicyclic) bond motifs is 1. The van der Waals surface area contributed by atoms with E-state index < -0.39 is 5.60 Å². The van der Waals surface area contributed by atoms with Crippen molar-refractivity contribution in [3.63, 3.8) is 0 Å². The zero-order valence-electron chi connectivity index (χ0n) is 10.5. The molecule has 1 saturated heterocycles. The highest BCUT2D eigenvalue weighted by Gasteiger charge is 2.42. The fraction of sp³-hybridized carbons (Fsp3) is 0.500. The number of amides is 1. The summed E-state index contributed by atoms with van der Waals surface area (Å²) in [6.07, 6.45) is 0.970. The highest BCUT2D eigenvalue weighted by Crippen LogP contribution is 2.28. The number of nitrogens with one attached hydrogen (secondary N) is 1. The number of benzene rings is 1. The Morgan fingerprint density at radius 1 is 1.44 bits per heavy atom. The largest absolute Gasteiger partial charge is 0.386 e. The first-order chi connectivity index (χ1) is 8.57. The number of β-amino-alcohol motifs (C(OH)–C–C–N with tert-alkyl or cyclic N) is 1. The maximum atomic E-state index is 12.4. The van der Waals surface area contributed by atoms with Gasteiger partial charge in [-0.3, -0.25) is 4.79 Å². The maximum absolute atomic E-state index is 12.4. The lowest BCUT2D eigenvalue weighted by atomic mass is 9.90. The third kappa shape index (κ3) is 1.91. The van der Waals surface area contributed by atoms with Crippen molar-refractivity contribution in [3.05, 3.63) is 35.4 Å². The standard InChI is InChI=1S/C14H18N2O2/c1-14(18)8-16(9-14)13(17)12-11-5-3-2-4-10(11)6-7-15-12/h2-5,12,15,18H,6-9H2,1H3. The number of carbonyl (C=O) groups is 1. The van der Waals surface area contributed by atoms with Crippen molar-refractivity contribution in [3.8, 4) is 0 Å². The third-order valence-corrected chi connectivity index (χ3v) is 3.73. The quantitative estimate of drug-likeness (QED) is 0.757. The van der Waals surface area contributed by atoms with Crippen molar-refractivity contribution < 1.29 is 9.90 Å². The van der Waals surface area contributed by atoms with Gasteiger partial charge in [-0.1, -0.05) is 24.3 Å². The topological polar surface area (TPSA) is 52.6 Å².